The van der Waals surface area contributed by atoms with E-state index in [0.717, 1.165) is 22.4 Å². The van der Waals surface area contributed by atoms with Crippen LogP contribution in [0.5, 0.6) is 11.5 Å². The molecular weight excluding hydrogens is 464 g/mol. The predicted molar refractivity (Wildman–Crippen MR) is 141 cm³/mol. The minimum atomic E-state index is -0.365. The molecular formula is C29H22N6O2. The summed E-state index contributed by atoms with van der Waals surface area (Å²) in [6, 6.07) is 24.6. The number of benzene rings is 3. The Morgan fingerprint density at radius 3 is 2.62 bits per heavy atom. The van der Waals surface area contributed by atoms with Crippen LogP contribution in [0.15, 0.2) is 85.2 Å². The lowest BCUT2D eigenvalue weighted by Crippen LogP contribution is -2.29. The van der Waals surface area contributed by atoms with E-state index < -0.39 is 0 Å². The fourth-order valence-electron chi connectivity index (χ4n) is 4.77. The van der Waals surface area contributed by atoms with Crippen molar-refractivity contribution in [2.45, 2.75) is 19.1 Å². The van der Waals surface area contributed by atoms with E-state index in [0.29, 0.717) is 27.9 Å². The van der Waals surface area contributed by atoms with Gasteiger partial charge < -0.3 is 15.6 Å². The molecule has 2 atom stereocenters. The van der Waals surface area contributed by atoms with Gasteiger partial charge in [0.1, 0.15) is 35.4 Å². The molecule has 0 spiro atoms. The lowest BCUT2D eigenvalue weighted by Gasteiger charge is -2.30. The Morgan fingerprint density at radius 2 is 1.81 bits per heavy atom. The first kappa shape index (κ1) is 22.3. The molecule has 1 aliphatic rings. The molecule has 8 heteroatoms. The average Bonchev–Trinajstić information content (AvgIpc) is 3.33. The topological polar surface area (TPSA) is 123 Å². The number of nitrogens with zero attached hydrogens (tertiary/aromatic N) is 5. The molecule has 2 aromatic heterocycles. The molecule has 3 heterocycles. The summed E-state index contributed by atoms with van der Waals surface area (Å²) >= 11 is 0. The summed E-state index contributed by atoms with van der Waals surface area (Å²) < 4.78 is 8.23. The number of phenols is 1. The molecule has 0 fully saturated rings. The van der Waals surface area contributed by atoms with Crippen LogP contribution in [-0.4, -0.2) is 31.0 Å². The number of rotatable bonds is 4. The number of aromatic nitrogens is 4. The van der Waals surface area contributed by atoms with Crippen molar-refractivity contribution in [3.05, 3.63) is 102 Å². The Bertz CT molecular complexity index is 1720. The number of fused-ring (bicyclic) bond motifs is 2. The summed E-state index contributed by atoms with van der Waals surface area (Å²) in [5.74, 6) is 1.01. The van der Waals surface area contributed by atoms with E-state index in [1.54, 1.807) is 16.8 Å². The second-order valence-electron chi connectivity index (χ2n) is 8.90. The van der Waals surface area contributed by atoms with Crippen LogP contribution in [0.4, 0.5) is 5.82 Å². The number of aromatic hydroxyl groups is 1. The van der Waals surface area contributed by atoms with Crippen molar-refractivity contribution < 1.29 is 9.84 Å². The number of nitrogens with two attached hydrogens (primary N) is 1. The lowest BCUT2D eigenvalue weighted by molar-refractivity contribution is 0.181. The van der Waals surface area contributed by atoms with Gasteiger partial charge in [0, 0.05) is 11.1 Å². The van der Waals surface area contributed by atoms with E-state index in [1.807, 2.05) is 43.3 Å². The zero-order valence-corrected chi connectivity index (χ0v) is 19.9. The molecule has 0 bridgehead atoms. The van der Waals surface area contributed by atoms with Crippen molar-refractivity contribution in [1.29, 1.82) is 5.26 Å². The van der Waals surface area contributed by atoms with E-state index in [4.69, 9.17) is 15.6 Å². The highest BCUT2D eigenvalue weighted by Gasteiger charge is 2.30. The van der Waals surface area contributed by atoms with Crippen molar-refractivity contribution >= 4 is 22.4 Å². The molecule has 5 aromatic rings. The number of nitriles is 1. The van der Waals surface area contributed by atoms with Gasteiger partial charge in [-0.15, -0.1) is 0 Å². The van der Waals surface area contributed by atoms with E-state index in [2.05, 4.69) is 40.3 Å². The van der Waals surface area contributed by atoms with Gasteiger partial charge in [-0.1, -0.05) is 48.5 Å². The first-order chi connectivity index (χ1) is 18.0. The number of ether oxygens (including phenoxy) is 1. The maximum atomic E-state index is 10.2. The largest absolute Gasteiger partial charge is 0.508 e. The zero-order valence-electron chi connectivity index (χ0n) is 19.9. The smallest absolute Gasteiger partial charge is 0.164 e. The Labute approximate surface area is 212 Å². The maximum absolute atomic E-state index is 10.2. The molecule has 6 rings (SSSR count). The standard InChI is InChI=1S/C29H22N6O2/c1-17(25-14-23(19-7-3-2-4-8-19)22-9-5-6-10-24(22)37-25)35-29-26(28(31)32-16-33-29)27(34-35)20-11-18(15-30)12-21(36)13-20/h2-14,16-17,25,36H,1H3,(H2,31,32,33). The summed E-state index contributed by atoms with van der Waals surface area (Å²) in [5.41, 5.74) is 11.4. The van der Waals surface area contributed by atoms with Crippen molar-refractivity contribution in [1.82, 2.24) is 19.7 Å². The third-order valence-corrected chi connectivity index (χ3v) is 6.56. The van der Waals surface area contributed by atoms with Crippen LogP contribution in [0, 0.1) is 11.3 Å². The molecule has 2 unspecified atom stereocenters. The van der Waals surface area contributed by atoms with Gasteiger partial charge in [-0.05, 0) is 48.4 Å². The minimum absolute atomic E-state index is 0.0390. The number of anilines is 1. The van der Waals surface area contributed by atoms with Crippen molar-refractivity contribution in [3.63, 3.8) is 0 Å². The molecule has 0 amide bonds. The van der Waals surface area contributed by atoms with Crippen LogP contribution >= 0.6 is 0 Å². The number of phenolic OH excluding ortho intramolecular Hbond substituents is 1. The van der Waals surface area contributed by atoms with Crippen molar-refractivity contribution in [3.8, 4) is 28.8 Å². The molecule has 0 saturated carbocycles. The van der Waals surface area contributed by atoms with Gasteiger partial charge in [-0.2, -0.15) is 10.4 Å². The highest BCUT2D eigenvalue weighted by molar-refractivity contribution is 5.98. The number of nitrogen functional groups attached to an aromatic ring is 1. The van der Waals surface area contributed by atoms with E-state index in [1.165, 1.54) is 12.4 Å². The molecule has 180 valence electrons. The quantitative estimate of drug-likeness (QED) is 0.362. The first-order valence-corrected chi connectivity index (χ1v) is 11.8. The molecule has 0 aliphatic carbocycles. The van der Waals surface area contributed by atoms with Gasteiger partial charge in [0.05, 0.1) is 23.1 Å². The molecule has 37 heavy (non-hydrogen) atoms. The lowest BCUT2D eigenvalue weighted by atomic mass is 9.92. The molecule has 1 aliphatic heterocycles. The SMILES string of the molecule is CC(C1C=C(c2ccccc2)c2ccccc2O1)n1nc(-c2cc(O)cc(C#N)c2)c2c(N)ncnc21. The van der Waals surface area contributed by atoms with Crippen LogP contribution in [-0.2, 0) is 0 Å². The van der Waals surface area contributed by atoms with Crippen LogP contribution in [0.1, 0.15) is 29.7 Å². The first-order valence-electron chi connectivity index (χ1n) is 11.8. The molecule has 0 saturated heterocycles. The third kappa shape index (κ3) is 3.83. The molecule has 3 N–H and O–H groups in total. The number of hydrogen-bond acceptors (Lipinski definition) is 7. The van der Waals surface area contributed by atoms with Gasteiger partial charge in [0.15, 0.2) is 5.65 Å². The summed E-state index contributed by atoms with van der Waals surface area (Å²) in [7, 11) is 0. The normalized spacial score (nSPS) is 15.4. The number of hydrogen-bond donors (Lipinski definition) is 2. The van der Waals surface area contributed by atoms with Crippen LogP contribution < -0.4 is 10.5 Å². The van der Waals surface area contributed by atoms with Gasteiger partial charge >= 0.3 is 0 Å². The Kier molecular flexibility index (Phi) is 5.31. The maximum Gasteiger partial charge on any atom is 0.164 e. The summed E-state index contributed by atoms with van der Waals surface area (Å²) in [4.78, 5) is 8.66. The highest BCUT2D eigenvalue weighted by Crippen LogP contribution is 2.40. The van der Waals surface area contributed by atoms with E-state index in [-0.39, 0.29) is 23.7 Å². The van der Waals surface area contributed by atoms with Gasteiger partial charge in [0.25, 0.3) is 0 Å². The van der Waals surface area contributed by atoms with Crippen LogP contribution in [0.25, 0.3) is 27.9 Å². The fraction of sp³-hybridized carbons (Fsp3) is 0.103. The zero-order chi connectivity index (χ0) is 25.5. The monoisotopic (exact) mass is 486 g/mol. The molecule has 3 aromatic carbocycles. The Balaban J connectivity index is 1.50. The third-order valence-electron chi connectivity index (χ3n) is 6.56. The second kappa shape index (κ2) is 8.81. The summed E-state index contributed by atoms with van der Waals surface area (Å²) in [5, 5.41) is 25.0. The second-order valence-corrected chi connectivity index (χ2v) is 8.90. The molecule has 0 radical (unpaired) electrons. The van der Waals surface area contributed by atoms with Gasteiger partial charge in [-0.3, -0.25) is 0 Å². The number of para-hydroxylation sites is 1. The van der Waals surface area contributed by atoms with Crippen molar-refractivity contribution in [2.75, 3.05) is 5.73 Å². The Morgan fingerprint density at radius 1 is 1.03 bits per heavy atom. The molecule has 8 nitrogen and oxygen atoms in total. The average molecular weight is 487 g/mol. The highest BCUT2D eigenvalue weighted by atomic mass is 16.5. The van der Waals surface area contributed by atoms with Crippen LogP contribution in [0.2, 0.25) is 0 Å². The predicted octanol–water partition coefficient (Wildman–Crippen LogP) is 5.11. The minimum Gasteiger partial charge on any atom is -0.508 e. The van der Waals surface area contributed by atoms with Crippen molar-refractivity contribution in [2.24, 2.45) is 0 Å². The van der Waals surface area contributed by atoms with Gasteiger partial charge in [-0.25, -0.2) is 14.6 Å². The summed E-state index contributed by atoms with van der Waals surface area (Å²) in [6.45, 7) is 2.01. The summed E-state index contributed by atoms with van der Waals surface area (Å²) in [6.07, 6.45) is 3.15. The fourth-order valence-corrected chi connectivity index (χ4v) is 4.77. The Hall–Kier alpha value is -5.16. The van der Waals surface area contributed by atoms with E-state index in [9.17, 15) is 10.4 Å². The van der Waals surface area contributed by atoms with E-state index >= 15 is 0 Å². The van der Waals surface area contributed by atoms with Gasteiger partial charge in [0.2, 0.25) is 0 Å². The van der Waals surface area contributed by atoms with Crippen LogP contribution in [0.3, 0.4) is 0 Å².